The maximum atomic E-state index is 11.7. The third-order valence-corrected chi connectivity index (χ3v) is 6.76. The minimum absolute atomic E-state index is 0.164. The van der Waals surface area contributed by atoms with Gasteiger partial charge in [-0.3, -0.25) is 0 Å². The lowest BCUT2D eigenvalue weighted by atomic mass is 10.1. The number of aryl methyl sites for hydroxylation is 2. The Morgan fingerprint density at radius 1 is 1.07 bits per heavy atom. The van der Waals surface area contributed by atoms with Crippen LogP contribution in [-0.4, -0.2) is 59.6 Å². The second-order valence-electron chi connectivity index (χ2n) is 7.53. The van der Waals surface area contributed by atoms with Gasteiger partial charge in [-0.15, -0.1) is 0 Å². The van der Waals surface area contributed by atoms with Crippen molar-refractivity contribution in [2.45, 2.75) is 20.3 Å². The van der Waals surface area contributed by atoms with E-state index in [0.717, 1.165) is 34.2 Å². The van der Waals surface area contributed by atoms with Crippen LogP contribution in [0.1, 0.15) is 22.8 Å². The average Bonchev–Trinajstić information content (AvgIpc) is 3.13. The number of rotatable bonds is 5. The maximum Gasteiger partial charge on any atom is 0.153 e. The fraction of sp³-hybridized carbons (Fsp3) is 0.381. The molecule has 30 heavy (non-hydrogen) atoms. The van der Waals surface area contributed by atoms with E-state index in [1.54, 1.807) is 13.4 Å². The van der Waals surface area contributed by atoms with Crippen molar-refractivity contribution >= 4 is 15.7 Å². The molecule has 1 saturated heterocycles. The van der Waals surface area contributed by atoms with E-state index in [-0.39, 0.29) is 11.5 Å². The van der Waals surface area contributed by atoms with Gasteiger partial charge in [0.1, 0.15) is 17.4 Å². The van der Waals surface area contributed by atoms with E-state index in [4.69, 9.17) is 9.72 Å². The Bertz CT molecular complexity index is 1160. The third kappa shape index (κ3) is 4.46. The van der Waals surface area contributed by atoms with Crippen LogP contribution in [0.3, 0.4) is 0 Å². The Kier molecular flexibility index (Phi) is 5.46. The summed E-state index contributed by atoms with van der Waals surface area (Å²) in [6.45, 7) is 4.80. The normalized spacial score (nSPS) is 15.9. The van der Waals surface area contributed by atoms with E-state index < -0.39 is 9.84 Å². The zero-order chi connectivity index (χ0) is 21.3. The summed E-state index contributed by atoms with van der Waals surface area (Å²) in [5, 5.41) is 0. The molecule has 0 spiro atoms. The van der Waals surface area contributed by atoms with Gasteiger partial charge in [-0.25, -0.2) is 23.4 Å². The van der Waals surface area contributed by atoms with E-state index in [9.17, 15) is 8.42 Å². The molecule has 4 rings (SSSR count). The number of ether oxygens (including phenoxy) is 1. The Morgan fingerprint density at radius 2 is 1.83 bits per heavy atom. The highest BCUT2D eigenvalue weighted by atomic mass is 32.2. The van der Waals surface area contributed by atoms with Crippen LogP contribution in [0.2, 0.25) is 0 Å². The van der Waals surface area contributed by atoms with Gasteiger partial charge in [0.05, 0.1) is 36.3 Å². The molecule has 158 valence electrons. The number of methoxy groups -OCH3 is 1. The Morgan fingerprint density at radius 3 is 2.50 bits per heavy atom. The first-order valence-corrected chi connectivity index (χ1v) is 11.6. The minimum atomic E-state index is -2.93. The van der Waals surface area contributed by atoms with Crippen molar-refractivity contribution in [1.82, 2.24) is 19.5 Å². The standard InChI is InChI=1S/C21H25N5O3S/c1-15-10-21(25-6-8-30(27,28)9-7-25)24-20(23-15)12-17-4-5-18(19(11-17)29-3)26-13-16(2)22-14-26/h4-5,10-11,13-14H,6-9,12H2,1-3H3. The van der Waals surface area contributed by atoms with Crippen LogP contribution in [0, 0.1) is 13.8 Å². The van der Waals surface area contributed by atoms with Crippen LogP contribution in [0.5, 0.6) is 5.75 Å². The van der Waals surface area contributed by atoms with Crippen LogP contribution in [0.4, 0.5) is 5.82 Å². The highest BCUT2D eigenvalue weighted by Gasteiger charge is 2.23. The Labute approximate surface area is 176 Å². The van der Waals surface area contributed by atoms with Crippen molar-refractivity contribution in [3.05, 3.63) is 59.6 Å². The van der Waals surface area contributed by atoms with Crippen LogP contribution in [0.15, 0.2) is 36.8 Å². The molecule has 9 heteroatoms. The van der Waals surface area contributed by atoms with Crippen LogP contribution >= 0.6 is 0 Å². The van der Waals surface area contributed by atoms with Crippen molar-refractivity contribution in [2.75, 3.05) is 36.6 Å². The number of benzene rings is 1. The van der Waals surface area contributed by atoms with Gasteiger partial charge in [-0.05, 0) is 31.5 Å². The van der Waals surface area contributed by atoms with Crippen molar-refractivity contribution in [2.24, 2.45) is 0 Å². The number of imidazole rings is 1. The molecule has 1 aliphatic rings. The van der Waals surface area contributed by atoms with Gasteiger partial charge in [0, 0.05) is 37.5 Å². The molecule has 2 aromatic heterocycles. The van der Waals surface area contributed by atoms with E-state index in [0.29, 0.717) is 25.3 Å². The SMILES string of the molecule is COc1cc(Cc2nc(C)cc(N3CCS(=O)(=O)CC3)n2)ccc1-n1cnc(C)c1. The number of nitrogens with zero attached hydrogens (tertiary/aromatic N) is 5. The Hall–Kier alpha value is -2.94. The predicted molar refractivity (Wildman–Crippen MR) is 115 cm³/mol. The van der Waals surface area contributed by atoms with E-state index in [1.165, 1.54) is 0 Å². The lowest BCUT2D eigenvalue weighted by Crippen LogP contribution is -2.40. The Balaban J connectivity index is 1.57. The molecule has 3 heterocycles. The zero-order valence-corrected chi connectivity index (χ0v) is 18.2. The van der Waals surface area contributed by atoms with Gasteiger partial charge in [0.2, 0.25) is 0 Å². The summed E-state index contributed by atoms with van der Waals surface area (Å²) in [5.41, 5.74) is 3.75. The van der Waals surface area contributed by atoms with Crippen molar-refractivity contribution in [3.63, 3.8) is 0 Å². The smallest absolute Gasteiger partial charge is 0.153 e. The molecule has 3 aromatic rings. The lowest BCUT2D eigenvalue weighted by molar-refractivity contribution is 0.412. The lowest BCUT2D eigenvalue weighted by Gasteiger charge is -2.28. The summed E-state index contributed by atoms with van der Waals surface area (Å²) in [5.74, 6) is 2.56. The minimum Gasteiger partial charge on any atom is -0.495 e. The van der Waals surface area contributed by atoms with Gasteiger partial charge in [0.25, 0.3) is 0 Å². The molecule has 0 unspecified atom stereocenters. The van der Waals surface area contributed by atoms with Gasteiger partial charge < -0.3 is 14.2 Å². The van der Waals surface area contributed by atoms with Crippen LogP contribution in [0.25, 0.3) is 5.69 Å². The molecular weight excluding hydrogens is 402 g/mol. The van der Waals surface area contributed by atoms with E-state index >= 15 is 0 Å². The second kappa shape index (κ2) is 8.06. The van der Waals surface area contributed by atoms with E-state index in [1.807, 2.05) is 53.8 Å². The number of anilines is 1. The number of sulfone groups is 1. The largest absolute Gasteiger partial charge is 0.495 e. The second-order valence-corrected chi connectivity index (χ2v) is 9.83. The van der Waals surface area contributed by atoms with Crippen LogP contribution < -0.4 is 9.64 Å². The zero-order valence-electron chi connectivity index (χ0n) is 17.4. The molecule has 0 saturated carbocycles. The summed E-state index contributed by atoms with van der Waals surface area (Å²) in [6, 6.07) is 7.93. The summed E-state index contributed by atoms with van der Waals surface area (Å²) >= 11 is 0. The highest BCUT2D eigenvalue weighted by molar-refractivity contribution is 7.91. The van der Waals surface area contributed by atoms with Crippen LogP contribution in [-0.2, 0) is 16.3 Å². The molecule has 0 bridgehead atoms. The fourth-order valence-corrected chi connectivity index (χ4v) is 4.78. The van der Waals surface area contributed by atoms with Gasteiger partial charge >= 0.3 is 0 Å². The monoisotopic (exact) mass is 427 g/mol. The molecule has 0 amide bonds. The molecule has 0 aliphatic carbocycles. The molecule has 0 N–H and O–H groups in total. The quantitative estimate of drug-likeness (QED) is 0.616. The van der Waals surface area contributed by atoms with E-state index in [2.05, 4.69) is 9.97 Å². The fourth-order valence-electron chi connectivity index (χ4n) is 3.58. The average molecular weight is 428 g/mol. The maximum absolute atomic E-state index is 11.7. The first-order chi connectivity index (χ1) is 14.3. The molecule has 0 radical (unpaired) electrons. The summed E-state index contributed by atoms with van der Waals surface area (Å²) in [6.07, 6.45) is 4.27. The molecule has 8 nitrogen and oxygen atoms in total. The summed E-state index contributed by atoms with van der Waals surface area (Å²) < 4.78 is 31.0. The molecule has 1 fully saturated rings. The number of hydrogen-bond donors (Lipinski definition) is 0. The predicted octanol–water partition coefficient (Wildman–Crippen LogP) is 2.11. The first-order valence-electron chi connectivity index (χ1n) is 9.81. The summed E-state index contributed by atoms with van der Waals surface area (Å²) in [7, 11) is -1.28. The summed E-state index contributed by atoms with van der Waals surface area (Å²) in [4.78, 5) is 15.6. The van der Waals surface area contributed by atoms with Crippen molar-refractivity contribution in [3.8, 4) is 11.4 Å². The van der Waals surface area contributed by atoms with Crippen molar-refractivity contribution in [1.29, 1.82) is 0 Å². The third-order valence-electron chi connectivity index (χ3n) is 5.15. The molecular formula is C21H25N5O3S. The van der Waals surface area contributed by atoms with Gasteiger partial charge in [-0.2, -0.15) is 0 Å². The van der Waals surface area contributed by atoms with Gasteiger partial charge in [-0.1, -0.05) is 6.07 Å². The molecule has 1 aliphatic heterocycles. The topological polar surface area (TPSA) is 90.2 Å². The number of hydrogen-bond acceptors (Lipinski definition) is 7. The van der Waals surface area contributed by atoms with Crippen molar-refractivity contribution < 1.29 is 13.2 Å². The number of aromatic nitrogens is 4. The molecule has 1 aromatic carbocycles. The molecule has 0 atom stereocenters. The highest BCUT2D eigenvalue weighted by Crippen LogP contribution is 2.26. The first kappa shape index (κ1) is 20.3. The van der Waals surface area contributed by atoms with Gasteiger partial charge in [0.15, 0.2) is 9.84 Å².